The van der Waals surface area contributed by atoms with E-state index in [1.165, 1.54) is 10.5 Å². The highest BCUT2D eigenvalue weighted by atomic mass is 35.5. The summed E-state index contributed by atoms with van der Waals surface area (Å²) < 4.78 is 26.1. The minimum Gasteiger partial charge on any atom is -0.328 e. The lowest BCUT2D eigenvalue weighted by Gasteiger charge is -2.17. The number of aromatic nitrogens is 2. The maximum Gasteiger partial charge on any atom is 0.246 e. The van der Waals surface area contributed by atoms with Crippen molar-refractivity contribution >= 4 is 22.4 Å². The molecule has 2 rings (SSSR count). The van der Waals surface area contributed by atoms with Crippen LogP contribution in [0, 0.1) is 12.8 Å². The third-order valence-electron chi connectivity index (χ3n) is 3.33. The molecule has 0 radical (unpaired) electrons. The standard InChI is InChI=1S/C10H18N4O2S.ClH/c1-7(11)9-3-4-14(6-9)17(15,16)10-5-12-13-8(10)2;/h5,7,9H,3-4,6,11H2,1-2H3,(H,12,13);1H. The summed E-state index contributed by atoms with van der Waals surface area (Å²) in [4.78, 5) is 0.267. The van der Waals surface area contributed by atoms with E-state index in [4.69, 9.17) is 5.73 Å². The first-order valence-corrected chi connectivity index (χ1v) is 7.12. The molecule has 0 bridgehead atoms. The Morgan fingerprint density at radius 2 is 2.28 bits per heavy atom. The van der Waals surface area contributed by atoms with Crippen LogP contribution in [0.1, 0.15) is 19.0 Å². The van der Waals surface area contributed by atoms with Gasteiger partial charge in [0.1, 0.15) is 4.90 Å². The van der Waals surface area contributed by atoms with Gasteiger partial charge < -0.3 is 5.73 Å². The summed E-state index contributed by atoms with van der Waals surface area (Å²) in [6, 6.07) is 0.0284. The first-order chi connectivity index (χ1) is 7.93. The Balaban J connectivity index is 0.00000162. The van der Waals surface area contributed by atoms with E-state index in [1.54, 1.807) is 6.92 Å². The molecular formula is C10H19ClN4O2S. The van der Waals surface area contributed by atoms with Crippen LogP contribution >= 0.6 is 12.4 Å². The van der Waals surface area contributed by atoms with Gasteiger partial charge in [-0.1, -0.05) is 0 Å². The SMILES string of the molecule is Cc1[nH]ncc1S(=O)(=O)N1CCC(C(C)N)C1.Cl. The first-order valence-electron chi connectivity index (χ1n) is 5.68. The number of halogens is 1. The Labute approximate surface area is 113 Å². The first kappa shape index (κ1) is 15.4. The van der Waals surface area contributed by atoms with Crippen LogP contribution in [0.25, 0.3) is 0 Å². The molecule has 0 amide bonds. The molecule has 1 aliphatic rings. The predicted octanol–water partition coefficient (Wildman–Crippen LogP) is 0.498. The Morgan fingerprint density at radius 3 is 2.72 bits per heavy atom. The van der Waals surface area contributed by atoms with Crippen LogP contribution in [-0.2, 0) is 10.0 Å². The summed E-state index contributed by atoms with van der Waals surface area (Å²) in [7, 11) is -3.41. The molecule has 6 nitrogen and oxygen atoms in total. The molecule has 104 valence electrons. The summed E-state index contributed by atoms with van der Waals surface area (Å²) in [5.74, 6) is 0.247. The lowest BCUT2D eigenvalue weighted by atomic mass is 10.0. The van der Waals surface area contributed by atoms with Crippen molar-refractivity contribution < 1.29 is 8.42 Å². The normalized spacial score (nSPS) is 22.7. The third-order valence-corrected chi connectivity index (χ3v) is 5.31. The fraction of sp³-hybridized carbons (Fsp3) is 0.700. The summed E-state index contributed by atoms with van der Waals surface area (Å²) in [6.07, 6.45) is 2.19. The van der Waals surface area contributed by atoms with Crippen molar-refractivity contribution in [1.82, 2.24) is 14.5 Å². The summed E-state index contributed by atoms with van der Waals surface area (Å²) in [5.41, 5.74) is 6.39. The number of hydrogen-bond acceptors (Lipinski definition) is 4. The summed E-state index contributed by atoms with van der Waals surface area (Å²) >= 11 is 0. The molecule has 0 aliphatic carbocycles. The Hall–Kier alpha value is -0.630. The van der Waals surface area contributed by atoms with Crippen LogP contribution in [0.4, 0.5) is 0 Å². The van der Waals surface area contributed by atoms with E-state index in [9.17, 15) is 8.42 Å². The van der Waals surface area contributed by atoms with Gasteiger partial charge in [0.25, 0.3) is 0 Å². The molecule has 0 saturated carbocycles. The van der Waals surface area contributed by atoms with Gasteiger partial charge in [0.05, 0.1) is 11.9 Å². The molecule has 2 unspecified atom stereocenters. The van der Waals surface area contributed by atoms with Crippen LogP contribution in [-0.4, -0.2) is 42.1 Å². The Morgan fingerprint density at radius 1 is 1.61 bits per heavy atom. The van der Waals surface area contributed by atoms with Crippen molar-refractivity contribution in [2.75, 3.05) is 13.1 Å². The zero-order valence-electron chi connectivity index (χ0n) is 10.5. The average Bonchev–Trinajstić information content (AvgIpc) is 2.84. The highest BCUT2D eigenvalue weighted by molar-refractivity contribution is 7.89. The third kappa shape index (κ3) is 2.69. The number of nitrogens with two attached hydrogens (primary N) is 1. The van der Waals surface area contributed by atoms with E-state index in [0.29, 0.717) is 18.8 Å². The van der Waals surface area contributed by atoms with E-state index in [0.717, 1.165) is 6.42 Å². The van der Waals surface area contributed by atoms with E-state index in [2.05, 4.69) is 10.2 Å². The molecule has 0 aromatic carbocycles. The highest BCUT2D eigenvalue weighted by Crippen LogP contribution is 2.26. The molecule has 1 saturated heterocycles. The number of sulfonamides is 1. The molecule has 1 aromatic rings. The molecule has 18 heavy (non-hydrogen) atoms. The van der Waals surface area contributed by atoms with Gasteiger partial charge in [-0.2, -0.15) is 9.40 Å². The van der Waals surface area contributed by atoms with Crippen LogP contribution < -0.4 is 5.73 Å². The topological polar surface area (TPSA) is 92.1 Å². The average molecular weight is 295 g/mol. The number of nitrogens with zero attached hydrogens (tertiary/aromatic N) is 2. The number of H-pyrrole nitrogens is 1. The Kier molecular flexibility index (Phi) is 4.77. The van der Waals surface area contributed by atoms with Crippen molar-refractivity contribution in [3.8, 4) is 0 Å². The van der Waals surface area contributed by atoms with Gasteiger partial charge in [-0.05, 0) is 26.2 Å². The predicted molar refractivity (Wildman–Crippen MR) is 71.1 cm³/mol. The minimum absolute atomic E-state index is 0. The van der Waals surface area contributed by atoms with Crippen molar-refractivity contribution in [3.63, 3.8) is 0 Å². The van der Waals surface area contributed by atoms with Crippen LogP contribution in [0.2, 0.25) is 0 Å². The molecule has 0 spiro atoms. The van der Waals surface area contributed by atoms with E-state index >= 15 is 0 Å². The van der Waals surface area contributed by atoms with Gasteiger partial charge in [0, 0.05) is 19.1 Å². The molecule has 2 heterocycles. The van der Waals surface area contributed by atoms with Gasteiger partial charge in [0.2, 0.25) is 10.0 Å². The number of hydrogen-bond donors (Lipinski definition) is 2. The quantitative estimate of drug-likeness (QED) is 0.849. The largest absolute Gasteiger partial charge is 0.328 e. The molecule has 3 N–H and O–H groups in total. The molecule has 1 aromatic heterocycles. The maximum atomic E-state index is 12.3. The summed E-state index contributed by atoms with van der Waals surface area (Å²) in [6.45, 7) is 4.67. The Bertz CT molecular complexity index is 500. The van der Waals surface area contributed by atoms with Crippen LogP contribution in [0.5, 0.6) is 0 Å². The monoisotopic (exact) mass is 294 g/mol. The van der Waals surface area contributed by atoms with Crippen molar-refractivity contribution in [1.29, 1.82) is 0 Å². The fourth-order valence-electron chi connectivity index (χ4n) is 2.14. The smallest absolute Gasteiger partial charge is 0.246 e. The number of aromatic amines is 1. The van der Waals surface area contributed by atoms with Crippen LogP contribution in [0.3, 0.4) is 0 Å². The van der Waals surface area contributed by atoms with Crippen LogP contribution in [0.15, 0.2) is 11.1 Å². The van der Waals surface area contributed by atoms with Crippen molar-refractivity contribution in [2.45, 2.75) is 31.2 Å². The number of rotatable bonds is 3. The van der Waals surface area contributed by atoms with Crippen molar-refractivity contribution in [3.05, 3.63) is 11.9 Å². The van der Waals surface area contributed by atoms with Gasteiger partial charge in [-0.3, -0.25) is 5.10 Å². The van der Waals surface area contributed by atoms with Gasteiger partial charge >= 0.3 is 0 Å². The molecular weight excluding hydrogens is 276 g/mol. The second-order valence-corrected chi connectivity index (χ2v) is 6.54. The van der Waals surface area contributed by atoms with Crippen molar-refractivity contribution in [2.24, 2.45) is 11.7 Å². The van der Waals surface area contributed by atoms with Gasteiger partial charge in [-0.15, -0.1) is 12.4 Å². The lowest BCUT2D eigenvalue weighted by Crippen LogP contribution is -2.33. The summed E-state index contributed by atoms with van der Waals surface area (Å²) in [5, 5.41) is 6.41. The zero-order valence-corrected chi connectivity index (χ0v) is 12.1. The zero-order chi connectivity index (χ0) is 12.6. The van der Waals surface area contributed by atoms with Gasteiger partial charge in [-0.25, -0.2) is 8.42 Å². The van der Waals surface area contributed by atoms with E-state index in [-0.39, 0.29) is 29.3 Å². The molecule has 8 heteroatoms. The van der Waals surface area contributed by atoms with E-state index < -0.39 is 10.0 Å². The number of aryl methyl sites for hydroxylation is 1. The second kappa shape index (κ2) is 5.56. The maximum absolute atomic E-state index is 12.3. The van der Waals surface area contributed by atoms with E-state index in [1.807, 2.05) is 6.92 Å². The minimum atomic E-state index is -3.41. The molecule has 2 atom stereocenters. The molecule has 1 fully saturated rings. The fourth-order valence-corrected chi connectivity index (χ4v) is 3.77. The highest BCUT2D eigenvalue weighted by Gasteiger charge is 2.35. The number of nitrogens with one attached hydrogen (secondary N) is 1. The van der Waals surface area contributed by atoms with Gasteiger partial charge in [0.15, 0.2) is 0 Å². The molecule has 1 aliphatic heterocycles. The second-order valence-electron chi connectivity index (χ2n) is 4.63. The lowest BCUT2D eigenvalue weighted by molar-refractivity contribution is 0.429.